The van der Waals surface area contributed by atoms with Gasteiger partial charge < -0.3 is 20.7 Å². The van der Waals surface area contributed by atoms with Crippen molar-refractivity contribution < 1.29 is 19.7 Å². The Morgan fingerprint density at radius 3 is 2.53 bits per heavy atom. The molecule has 34 heavy (non-hydrogen) atoms. The van der Waals surface area contributed by atoms with Gasteiger partial charge in [-0.25, -0.2) is 9.78 Å². The topological polar surface area (TPSA) is 106 Å². The monoisotopic (exact) mass is 454 g/mol. The third-order valence-electron chi connectivity index (χ3n) is 5.53. The van der Waals surface area contributed by atoms with E-state index >= 15 is 0 Å². The smallest absolute Gasteiger partial charge is 0.336 e. The van der Waals surface area contributed by atoms with Crippen molar-refractivity contribution in [3.63, 3.8) is 0 Å². The molecule has 0 saturated heterocycles. The van der Waals surface area contributed by atoms with Gasteiger partial charge in [0.1, 0.15) is 5.75 Å². The van der Waals surface area contributed by atoms with E-state index in [0.29, 0.717) is 35.0 Å². The highest BCUT2D eigenvalue weighted by Crippen LogP contribution is 2.31. The van der Waals surface area contributed by atoms with E-state index in [1.54, 1.807) is 37.3 Å². The molecule has 4 rings (SSSR count). The van der Waals surface area contributed by atoms with Crippen molar-refractivity contribution in [2.75, 3.05) is 0 Å². The van der Waals surface area contributed by atoms with E-state index < -0.39 is 12.1 Å². The van der Waals surface area contributed by atoms with Crippen LogP contribution in [-0.4, -0.2) is 21.2 Å². The maximum atomic E-state index is 11.9. The van der Waals surface area contributed by atoms with Gasteiger partial charge in [-0.15, -0.1) is 0 Å². The zero-order valence-corrected chi connectivity index (χ0v) is 19.0. The van der Waals surface area contributed by atoms with Crippen LogP contribution in [0.5, 0.6) is 11.6 Å². The fraction of sp³-hybridized carbons (Fsp3) is 0.143. The van der Waals surface area contributed by atoms with E-state index in [4.69, 9.17) is 10.5 Å². The van der Waals surface area contributed by atoms with E-state index in [1.165, 1.54) is 6.07 Å². The Labute approximate surface area is 198 Å². The number of carbonyl (C=O) groups is 1. The number of pyridine rings is 1. The van der Waals surface area contributed by atoms with Gasteiger partial charge in [-0.2, -0.15) is 0 Å². The van der Waals surface area contributed by atoms with E-state index in [9.17, 15) is 15.0 Å². The number of carboxylic acid groups (broad SMARTS) is 1. The number of hydrogen-bond donors (Lipinski definition) is 3. The largest absolute Gasteiger partial charge is 0.478 e. The van der Waals surface area contributed by atoms with Gasteiger partial charge >= 0.3 is 5.97 Å². The van der Waals surface area contributed by atoms with E-state index in [1.807, 2.05) is 37.3 Å². The summed E-state index contributed by atoms with van der Waals surface area (Å²) in [7, 11) is 0. The maximum Gasteiger partial charge on any atom is 0.336 e. The number of aromatic carboxylic acids is 1. The molecule has 0 amide bonds. The molecule has 6 nitrogen and oxygen atoms in total. The molecule has 0 aliphatic carbocycles. The predicted molar refractivity (Wildman–Crippen MR) is 132 cm³/mol. The average molecular weight is 455 g/mol. The first-order chi connectivity index (χ1) is 16.3. The van der Waals surface area contributed by atoms with Gasteiger partial charge in [0.05, 0.1) is 17.4 Å². The molecular weight excluding hydrogens is 428 g/mol. The van der Waals surface area contributed by atoms with Gasteiger partial charge in [-0.1, -0.05) is 42.5 Å². The standard InChI is InChI=1S/C28H26N2O4/c1-17-11-22(21-6-3-5-19(13-21)16-29)14-23(12-17)34-27-8-4-7-26(30-27)24-10-9-20(18(2)31)15-25(24)28(32)33/h3-15,18,31H,16,29H2,1-2H3,(H,32,33). The molecule has 3 aromatic carbocycles. The molecule has 0 radical (unpaired) electrons. The van der Waals surface area contributed by atoms with Crippen molar-refractivity contribution in [2.24, 2.45) is 5.73 Å². The normalized spacial score (nSPS) is 11.8. The van der Waals surface area contributed by atoms with Crippen LogP contribution < -0.4 is 10.5 Å². The lowest BCUT2D eigenvalue weighted by molar-refractivity contribution is 0.0697. The van der Waals surface area contributed by atoms with Crippen LogP contribution in [0.15, 0.2) is 78.9 Å². The lowest BCUT2D eigenvalue weighted by atomic mass is 9.99. The minimum absolute atomic E-state index is 0.0701. The van der Waals surface area contributed by atoms with E-state index in [0.717, 1.165) is 22.3 Å². The molecule has 0 fully saturated rings. The Hall–Kier alpha value is -4.00. The number of nitrogens with two attached hydrogens (primary N) is 1. The lowest BCUT2D eigenvalue weighted by Crippen LogP contribution is -2.03. The highest BCUT2D eigenvalue weighted by Gasteiger charge is 2.16. The first-order valence-electron chi connectivity index (χ1n) is 11.0. The molecule has 0 aliphatic heterocycles. The van der Waals surface area contributed by atoms with E-state index in [-0.39, 0.29) is 5.56 Å². The van der Waals surface area contributed by atoms with Crippen molar-refractivity contribution in [1.82, 2.24) is 4.98 Å². The van der Waals surface area contributed by atoms with Crippen molar-refractivity contribution in [1.29, 1.82) is 0 Å². The molecular formula is C28H26N2O4. The summed E-state index contributed by atoms with van der Waals surface area (Å²) in [4.78, 5) is 16.4. The van der Waals surface area contributed by atoms with Crippen LogP contribution in [0.4, 0.5) is 0 Å². The molecule has 1 atom stereocenters. The minimum atomic E-state index is -1.09. The van der Waals surface area contributed by atoms with Crippen LogP contribution >= 0.6 is 0 Å². The van der Waals surface area contributed by atoms with Crippen molar-refractivity contribution >= 4 is 5.97 Å². The Bertz CT molecular complexity index is 1350. The third-order valence-corrected chi connectivity index (χ3v) is 5.53. The molecule has 4 N–H and O–H groups in total. The summed E-state index contributed by atoms with van der Waals surface area (Å²) < 4.78 is 6.08. The van der Waals surface area contributed by atoms with Crippen LogP contribution in [-0.2, 0) is 6.54 Å². The Morgan fingerprint density at radius 2 is 1.79 bits per heavy atom. The summed E-state index contributed by atoms with van der Waals surface area (Å²) in [6, 6.07) is 24.1. The van der Waals surface area contributed by atoms with Crippen molar-refractivity contribution in [2.45, 2.75) is 26.5 Å². The number of aryl methyl sites for hydroxylation is 1. The fourth-order valence-electron chi connectivity index (χ4n) is 3.82. The van der Waals surface area contributed by atoms with E-state index in [2.05, 4.69) is 17.1 Å². The third kappa shape index (κ3) is 5.14. The molecule has 0 aliphatic rings. The van der Waals surface area contributed by atoms with Crippen LogP contribution in [0, 0.1) is 6.92 Å². The van der Waals surface area contributed by atoms with Crippen LogP contribution in [0.2, 0.25) is 0 Å². The quantitative estimate of drug-likeness (QED) is 0.329. The summed E-state index contributed by atoms with van der Waals surface area (Å²) in [6.45, 7) is 4.06. The molecule has 4 aromatic rings. The summed E-state index contributed by atoms with van der Waals surface area (Å²) >= 11 is 0. The molecule has 0 bridgehead atoms. The van der Waals surface area contributed by atoms with Gasteiger partial charge in [0.25, 0.3) is 0 Å². The molecule has 6 heteroatoms. The van der Waals surface area contributed by atoms with Gasteiger partial charge in [-0.05, 0) is 72.0 Å². The molecule has 172 valence electrons. The second-order valence-corrected chi connectivity index (χ2v) is 8.19. The number of aliphatic hydroxyl groups excluding tert-OH is 1. The molecule has 1 heterocycles. The van der Waals surface area contributed by atoms with Gasteiger partial charge in [0, 0.05) is 18.2 Å². The van der Waals surface area contributed by atoms with Crippen LogP contribution in [0.25, 0.3) is 22.4 Å². The second kappa shape index (κ2) is 9.87. The number of nitrogens with zero attached hydrogens (tertiary/aromatic N) is 1. The van der Waals surface area contributed by atoms with Gasteiger partial charge in [-0.3, -0.25) is 0 Å². The van der Waals surface area contributed by atoms with Crippen molar-refractivity contribution in [3.05, 3.63) is 101 Å². The first-order valence-corrected chi connectivity index (χ1v) is 11.0. The highest BCUT2D eigenvalue weighted by molar-refractivity contribution is 5.95. The zero-order valence-electron chi connectivity index (χ0n) is 19.0. The number of ether oxygens (including phenoxy) is 1. The number of carboxylic acids is 1. The summed E-state index contributed by atoms with van der Waals surface area (Å²) in [5.41, 5.74) is 11.4. The Kier molecular flexibility index (Phi) is 6.72. The van der Waals surface area contributed by atoms with Crippen molar-refractivity contribution in [3.8, 4) is 34.0 Å². The molecule has 0 saturated carbocycles. The second-order valence-electron chi connectivity index (χ2n) is 8.19. The zero-order chi connectivity index (χ0) is 24.2. The summed E-state index contributed by atoms with van der Waals surface area (Å²) in [5, 5.41) is 19.5. The number of aromatic nitrogens is 1. The number of rotatable bonds is 7. The molecule has 1 aromatic heterocycles. The number of hydrogen-bond acceptors (Lipinski definition) is 5. The molecule has 0 spiro atoms. The Balaban J connectivity index is 1.68. The predicted octanol–water partition coefficient (Wildman–Crippen LogP) is 5.73. The Morgan fingerprint density at radius 1 is 1.00 bits per heavy atom. The lowest BCUT2D eigenvalue weighted by Gasteiger charge is -2.13. The minimum Gasteiger partial charge on any atom is -0.478 e. The van der Waals surface area contributed by atoms with Crippen LogP contribution in [0.1, 0.15) is 40.1 Å². The van der Waals surface area contributed by atoms with Crippen LogP contribution in [0.3, 0.4) is 0 Å². The first kappa shape index (κ1) is 23.2. The summed E-state index contributed by atoms with van der Waals surface area (Å²) in [5.74, 6) is -0.116. The number of aliphatic hydroxyl groups is 1. The maximum absolute atomic E-state index is 11.9. The van der Waals surface area contributed by atoms with Gasteiger partial charge in [0.15, 0.2) is 0 Å². The summed E-state index contributed by atoms with van der Waals surface area (Å²) in [6.07, 6.45) is -0.768. The fourth-order valence-corrected chi connectivity index (χ4v) is 3.82. The molecule has 1 unspecified atom stereocenters. The highest BCUT2D eigenvalue weighted by atomic mass is 16.5. The SMILES string of the molecule is Cc1cc(Oc2cccc(-c3ccc(C(C)O)cc3C(=O)O)n2)cc(-c2cccc(CN)c2)c1. The number of benzene rings is 3. The van der Waals surface area contributed by atoms with Gasteiger partial charge in [0.2, 0.25) is 5.88 Å². The average Bonchev–Trinajstić information content (AvgIpc) is 2.83.